The number of furan rings is 1. The average molecular weight is 690 g/mol. The third-order valence-electron chi connectivity index (χ3n) is 10.5. The van der Waals surface area contributed by atoms with Crippen molar-refractivity contribution in [3.8, 4) is 44.5 Å². The number of benzene rings is 9. The summed E-state index contributed by atoms with van der Waals surface area (Å²) in [7, 11) is 0. The van der Waals surface area contributed by atoms with Crippen molar-refractivity contribution in [3.63, 3.8) is 0 Å². The van der Waals surface area contributed by atoms with E-state index in [4.69, 9.17) is 4.42 Å². The molecule has 10 aromatic rings. The number of para-hydroxylation sites is 2. The first-order valence-corrected chi connectivity index (χ1v) is 18.4. The molecule has 1 heterocycles. The lowest BCUT2D eigenvalue weighted by Gasteiger charge is -2.26. The second-order valence-electron chi connectivity index (χ2n) is 13.8. The van der Waals surface area contributed by atoms with Gasteiger partial charge in [0.15, 0.2) is 0 Å². The van der Waals surface area contributed by atoms with Crippen molar-refractivity contribution in [2.45, 2.75) is 0 Å². The first-order chi connectivity index (χ1) is 26.7. The molecule has 0 aliphatic carbocycles. The minimum Gasteiger partial charge on any atom is -0.455 e. The molecule has 0 bridgehead atoms. The summed E-state index contributed by atoms with van der Waals surface area (Å²) in [6.07, 6.45) is 0. The maximum absolute atomic E-state index is 6.39. The molecule has 0 fully saturated rings. The van der Waals surface area contributed by atoms with Gasteiger partial charge in [-0.15, -0.1) is 0 Å². The molecule has 0 saturated carbocycles. The molecule has 0 aliphatic heterocycles. The van der Waals surface area contributed by atoms with Crippen LogP contribution in [0.15, 0.2) is 217 Å². The minimum atomic E-state index is 0.908. The number of hydrogen-bond acceptors (Lipinski definition) is 2. The van der Waals surface area contributed by atoms with E-state index >= 15 is 0 Å². The van der Waals surface area contributed by atoms with Gasteiger partial charge in [0, 0.05) is 33.4 Å². The fourth-order valence-corrected chi connectivity index (χ4v) is 7.67. The predicted octanol–water partition coefficient (Wildman–Crippen LogP) is 14.9. The van der Waals surface area contributed by atoms with Crippen LogP contribution in [-0.2, 0) is 0 Å². The first-order valence-electron chi connectivity index (χ1n) is 18.4. The molecule has 0 unspecified atom stereocenters. The van der Waals surface area contributed by atoms with Crippen LogP contribution >= 0.6 is 0 Å². The molecule has 54 heavy (non-hydrogen) atoms. The summed E-state index contributed by atoms with van der Waals surface area (Å²) in [4.78, 5) is 2.33. The lowest BCUT2D eigenvalue weighted by Crippen LogP contribution is -2.09. The highest BCUT2D eigenvalue weighted by Gasteiger charge is 2.16. The first kappa shape index (κ1) is 31.6. The Hall–Kier alpha value is -7.16. The summed E-state index contributed by atoms with van der Waals surface area (Å²) in [6, 6.07) is 75.9. The van der Waals surface area contributed by atoms with Gasteiger partial charge in [-0.05, 0) is 98.2 Å². The maximum Gasteiger partial charge on any atom is 0.143 e. The van der Waals surface area contributed by atoms with E-state index in [1.165, 1.54) is 44.2 Å². The zero-order valence-electron chi connectivity index (χ0n) is 29.6. The average Bonchev–Trinajstić information content (AvgIpc) is 3.64. The van der Waals surface area contributed by atoms with Crippen LogP contribution in [0.4, 0.5) is 17.1 Å². The van der Waals surface area contributed by atoms with Crippen LogP contribution in [0.2, 0.25) is 0 Å². The summed E-state index contributed by atoms with van der Waals surface area (Å²) in [6.45, 7) is 0. The van der Waals surface area contributed by atoms with Gasteiger partial charge in [-0.2, -0.15) is 0 Å². The van der Waals surface area contributed by atoms with Crippen LogP contribution in [0.3, 0.4) is 0 Å². The summed E-state index contributed by atoms with van der Waals surface area (Å²) < 4.78 is 6.39. The molecule has 10 rings (SSSR count). The number of anilines is 3. The molecule has 2 nitrogen and oxygen atoms in total. The second-order valence-corrected chi connectivity index (χ2v) is 13.8. The van der Waals surface area contributed by atoms with E-state index < -0.39 is 0 Å². The van der Waals surface area contributed by atoms with Crippen molar-refractivity contribution >= 4 is 49.8 Å². The van der Waals surface area contributed by atoms with Gasteiger partial charge in [-0.3, -0.25) is 0 Å². The van der Waals surface area contributed by atoms with Gasteiger partial charge in [0.1, 0.15) is 11.2 Å². The Morgan fingerprint density at radius 1 is 0.296 bits per heavy atom. The number of rotatable bonds is 7. The molecule has 9 aromatic carbocycles. The third kappa shape index (κ3) is 5.81. The van der Waals surface area contributed by atoms with Crippen LogP contribution in [0, 0.1) is 0 Å². The van der Waals surface area contributed by atoms with E-state index in [0.717, 1.165) is 50.1 Å². The summed E-state index contributed by atoms with van der Waals surface area (Å²) in [5.41, 5.74) is 14.5. The zero-order valence-corrected chi connectivity index (χ0v) is 29.6. The molecule has 0 aliphatic rings. The van der Waals surface area contributed by atoms with Crippen molar-refractivity contribution in [1.82, 2.24) is 0 Å². The van der Waals surface area contributed by atoms with Gasteiger partial charge in [0.2, 0.25) is 0 Å². The van der Waals surface area contributed by atoms with Crippen molar-refractivity contribution in [3.05, 3.63) is 212 Å². The predicted molar refractivity (Wildman–Crippen MR) is 228 cm³/mol. The minimum absolute atomic E-state index is 0.908. The van der Waals surface area contributed by atoms with E-state index in [1.54, 1.807) is 0 Å². The third-order valence-corrected chi connectivity index (χ3v) is 10.5. The maximum atomic E-state index is 6.39. The van der Waals surface area contributed by atoms with E-state index in [9.17, 15) is 0 Å². The highest BCUT2D eigenvalue weighted by molar-refractivity contribution is 6.09. The zero-order chi connectivity index (χ0) is 35.8. The topological polar surface area (TPSA) is 16.4 Å². The Balaban J connectivity index is 1.01. The molecule has 2 heteroatoms. The van der Waals surface area contributed by atoms with Gasteiger partial charge >= 0.3 is 0 Å². The smallest absolute Gasteiger partial charge is 0.143 e. The molecular formula is C52H35NO. The van der Waals surface area contributed by atoms with Crippen molar-refractivity contribution < 1.29 is 4.42 Å². The standard InChI is InChI=1S/C52H35NO/c1-2-9-36(10-3-1)38-17-19-39(20-18-38)40-23-29-45(30-24-40)53(46-31-25-41(26-32-46)44-22-21-37-11-4-5-12-43(37)35-44)47-33-27-42(28-34-47)48-14-8-15-50-49-13-6-7-16-51(49)54-52(48)50/h1-35H. The van der Waals surface area contributed by atoms with Crippen LogP contribution in [0.5, 0.6) is 0 Å². The number of hydrogen-bond donors (Lipinski definition) is 0. The van der Waals surface area contributed by atoms with Gasteiger partial charge in [0.25, 0.3) is 0 Å². The van der Waals surface area contributed by atoms with E-state index in [-0.39, 0.29) is 0 Å². The van der Waals surface area contributed by atoms with Gasteiger partial charge < -0.3 is 9.32 Å². The van der Waals surface area contributed by atoms with Crippen LogP contribution in [-0.4, -0.2) is 0 Å². The lowest BCUT2D eigenvalue weighted by molar-refractivity contribution is 0.670. The number of nitrogens with zero attached hydrogens (tertiary/aromatic N) is 1. The number of fused-ring (bicyclic) bond motifs is 4. The van der Waals surface area contributed by atoms with Crippen LogP contribution in [0.1, 0.15) is 0 Å². The van der Waals surface area contributed by atoms with Crippen LogP contribution in [0.25, 0.3) is 77.2 Å². The molecule has 0 N–H and O–H groups in total. The summed E-state index contributed by atoms with van der Waals surface area (Å²) in [5, 5.41) is 4.77. The van der Waals surface area contributed by atoms with E-state index in [2.05, 4.69) is 205 Å². The van der Waals surface area contributed by atoms with E-state index in [0.29, 0.717) is 0 Å². The largest absolute Gasteiger partial charge is 0.455 e. The Labute approximate surface area is 314 Å². The SMILES string of the molecule is c1ccc(-c2ccc(-c3ccc(N(c4ccc(-c5ccc6ccccc6c5)cc4)c4ccc(-c5cccc6c5oc5ccccc56)cc4)cc3)cc2)cc1. The van der Waals surface area contributed by atoms with Crippen molar-refractivity contribution in [2.24, 2.45) is 0 Å². The molecule has 254 valence electrons. The Bertz CT molecular complexity index is 2890. The Morgan fingerprint density at radius 2 is 0.759 bits per heavy atom. The highest BCUT2D eigenvalue weighted by Crippen LogP contribution is 2.40. The monoisotopic (exact) mass is 689 g/mol. The van der Waals surface area contributed by atoms with Gasteiger partial charge in [-0.1, -0.05) is 164 Å². The van der Waals surface area contributed by atoms with Gasteiger partial charge in [0.05, 0.1) is 0 Å². The molecule has 0 saturated heterocycles. The molecule has 0 spiro atoms. The molecule has 1 aromatic heterocycles. The lowest BCUT2D eigenvalue weighted by atomic mass is 9.99. The Kier molecular flexibility index (Phi) is 7.85. The quantitative estimate of drug-likeness (QED) is 0.166. The van der Waals surface area contributed by atoms with Crippen LogP contribution < -0.4 is 4.90 Å². The van der Waals surface area contributed by atoms with Crippen molar-refractivity contribution in [1.29, 1.82) is 0 Å². The summed E-state index contributed by atoms with van der Waals surface area (Å²) in [5.74, 6) is 0. The molecular weight excluding hydrogens is 655 g/mol. The fraction of sp³-hybridized carbons (Fsp3) is 0. The Morgan fingerprint density at radius 3 is 1.41 bits per heavy atom. The van der Waals surface area contributed by atoms with Crippen molar-refractivity contribution in [2.75, 3.05) is 4.90 Å². The normalized spacial score (nSPS) is 11.3. The highest BCUT2D eigenvalue weighted by atomic mass is 16.3. The molecule has 0 radical (unpaired) electrons. The molecule has 0 amide bonds. The summed E-state index contributed by atoms with van der Waals surface area (Å²) >= 11 is 0. The fourth-order valence-electron chi connectivity index (χ4n) is 7.67. The second kappa shape index (κ2) is 13.4. The molecule has 0 atom stereocenters. The van der Waals surface area contributed by atoms with E-state index in [1.807, 2.05) is 12.1 Å². The van der Waals surface area contributed by atoms with Gasteiger partial charge in [-0.25, -0.2) is 0 Å².